The van der Waals surface area contributed by atoms with Crippen molar-refractivity contribution in [3.8, 4) is 0 Å². The Kier molecular flexibility index (Phi) is 5.96. The highest BCUT2D eigenvalue weighted by molar-refractivity contribution is 5.78. The second kappa shape index (κ2) is 7.29. The number of hydrogen-bond acceptors (Lipinski definition) is 2. The molecule has 4 nitrogen and oxygen atoms in total. The van der Waals surface area contributed by atoms with Crippen molar-refractivity contribution in [3.05, 3.63) is 35.9 Å². The third-order valence-corrected chi connectivity index (χ3v) is 3.37. The van der Waals surface area contributed by atoms with Crippen LogP contribution >= 0.6 is 0 Å². The lowest BCUT2D eigenvalue weighted by atomic mass is 9.94. The normalized spacial score (nSPS) is 14.2. The zero-order chi connectivity index (χ0) is 16.9. The number of rotatable bonds is 6. The molecule has 7 heteroatoms. The van der Waals surface area contributed by atoms with E-state index in [1.807, 2.05) is 0 Å². The number of carboxylic acids is 1. The highest BCUT2D eigenvalue weighted by Crippen LogP contribution is 2.37. The quantitative estimate of drug-likeness (QED) is 0.877. The van der Waals surface area contributed by atoms with Gasteiger partial charge in [-0.15, -0.1) is 0 Å². The maximum Gasteiger partial charge on any atom is 0.396 e. The minimum atomic E-state index is -4.55. The van der Waals surface area contributed by atoms with E-state index >= 15 is 0 Å². The Bertz CT molecular complexity index is 517. The molecule has 0 aliphatic carbocycles. The second-order valence-electron chi connectivity index (χ2n) is 5.22. The number of nitrogens with zero attached hydrogens (tertiary/aromatic N) is 1. The molecule has 1 aromatic carbocycles. The summed E-state index contributed by atoms with van der Waals surface area (Å²) in [5.41, 5.74) is 0.0167. The van der Waals surface area contributed by atoms with Crippen molar-refractivity contribution >= 4 is 11.9 Å². The topological polar surface area (TPSA) is 57.6 Å². The second-order valence-corrected chi connectivity index (χ2v) is 5.22. The van der Waals surface area contributed by atoms with Gasteiger partial charge in [-0.3, -0.25) is 9.59 Å². The summed E-state index contributed by atoms with van der Waals surface area (Å²) in [7, 11) is 1.31. The van der Waals surface area contributed by atoms with Gasteiger partial charge in [0, 0.05) is 20.0 Å². The molecule has 2 atom stereocenters. The first kappa shape index (κ1) is 18.0. The van der Waals surface area contributed by atoms with Crippen LogP contribution in [-0.4, -0.2) is 41.7 Å². The Morgan fingerprint density at radius 3 is 2.23 bits per heavy atom. The van der Waals surface area contributed by atoms with Crippen molar-refractivity contribution < 1.29 is 27.9 Å². The first-order valence-corrected chi connectivity index (χ1v) is 6.71. The number of carbonyl (C=O) groups excluding carboxylic acids is 1. The number of aliphatic carboxylic acids is 1. The van der Waals surface area contributed by atoms with Crippen LogP contribution in [0.15, 0.2) is 30.3 Å². The van der Waals surface area contributed by atoms with E-state index in [1.54, 1.807) is 6.07 Å². The SMILES string of the molecule is CC(CN(C)C(=O)CC(c1ccccc1)C(F)(F)F)C(=O)O. The van der Waals surface area contributed by atoms with Crippen LogP contribution in [0.1, 0.15) is 24.8 Å². The van der Waals surface area contributed by atoms with Crippen LogP contribution in [0.3, 0.4) is 0 Å². The molecular weight excluding hydrogens is 299 g/mol. The Morgan fingerprint density at radius 2 is 1.77 bits per heavy atom. The molecule has 122 valence electrons. The number of benzene rings is 1. The van der Waals surface area contributed by atoms with Gasteiger partial charge in [-0.05, 0) is 5.56 Å². The lowest BCUT2D eigenvalue weighted by Gasteiger charge is -2.24. The lowest BCUT2D eigenvalue weighted by Crippen LogP contribution is -2.36. The number of alkyl halides is 3. The number of carboxylic acid groups (broad SMARTS) is 1. The van der Waals surface area contributed by atoms with Gasteiger partial charge < -0.3 is 10.0 Å². The van der Waals surface area contributed by atoms with Crippen LogP contribution in [0.25, 0.3) is 0 Å². The standard InChI is InChI=1S/C15H18F3NO3/c1-10(14(21)22)9-19(2)13(20)8-12(15(16,17)18)11-6-4-3-5-7-11/h3-7,10,12H,8-9H2,1-2H3,(H,21,22). The summed E-state index contributed by atoms with van der Waals surface area (Å²) in [5.74, 6) is -4.58. The molecule has 0 saturated heterocycles. The van der Waals surface area contributed by atoms with Gasteiger partial charge in [0.25, 0.3) is 0 Å². The first-order chi connectivity index (χ1) is 10.1. The molecule has 0 heterocycles. The molecule has 1 amide bonds. The molecule has 0 spiro atoms. The summed E-state index contributed by atoms with van der Waals surface area (Å²) >= 11 is 0. The van der Waals surface area contributed by atoms with Gasteiger partial charge in [0.2, 0.25) is 5.91 Å². The molecule has 0 radical (unpaired) electrons. The fraction of sp³-hybridized carbons (Fsp3) is 0.467. The fourth-order valence-corrected chi connectivity index (χ4v) is 2.03. The molecule has 0 bridgehead atoms. The predicted molar refractivity (Wildman–Crippen MR) is 74.3 cm³/mol. The van der Waals surface area contributed by atoms with E-state index in [9.17, 15) is 22.8 Å². The highest BCUT2D eigenvalue weighted by Gasteiger charge is 2.42. The van der Waals surface area contributed by atoms with E-state index in [1.165, 1.54) is 38.2 Å². The van der Waals surface area contributed by atoms with Crippen LogP contribution < -0.4 is 0 Å². The number of amides is 1. The third kappa shape index (κ3) is 5.05. The Hall–Kier alpha value is -2.05. The summed E-state index contributed by atoms with van der Waals surface area (Å²) in [6, 6.07) is 7.21. The smallest absolute Gasteiger partial charge is 0.396 e. The van der Waals surface area contributed by atoms with Crippen LogP contribution in [0.4, 0.5) is 13.2 Å². The highest BCUT2D eigenvalue weighted by atomic mass is 19.4. The third-order valence-electron chi connectivity index (χ3n) is 3.37. The number of hydrogen-bond donors (Lipinski definition) is 1. The summed E-state index contributed by atoms with van der Waals surface area (Å²) in [6.07, 6.45) is -5.29. The number of halogens is 3. The minimum Gasteiger partial charge on any atom is -0.481 e. The van der Waals surface area contributed by atoms with E-state index in [4.69, 9.17) is 5.11 Å². The van der Waals surface area contributed by atoms with Crippen molar-refractivity contribution in [3.63, 3.8) is 0 Å². The van der Waals surface area contributed by atoms with Crippen LogP contribution in [0, 0.1) is 5.92 Å². The maximum atomic E-state index is 13.2. The van der Waals surface area contributed by atoms with Gasteiger partial charge in [0.15, 0.2) is 0 Å². The molecule has 1 N–H and O–H groups in total. The van der Waals surface area contributed by atoms with E-state index in [-0.39, 0.29) is 12.1 Å². The largest absolute Gasteiger partial charge is 0.481 e. The maximum absolute atomic E-state index is 13.2. The molecule has 0 saturated carbocycles. The molecule has 2 unspecified atom stereocenters. The molecule has 0 aliphatic rings. The average Bonchev–Trinajstić information content (AvgIpc) is 2.43. The molecule has 0 aliphatic heterocycles. The van der Waals surface area contributed by atoms with E-state index in [0.29, 0.717) is 0 Å². The van der Waals surface area contributed by atoms with Gasteiger partial charge in [-0.2, -0.15) is 13.2 Å². The van der Waals surface area contributed by atoms with E-state index < -0.39 is 36.3 Å². The Balaban J connectivity index is 2.83. The summed E-state index contributed by atoms with van der Waals surface area (Å²) in [4.78, 5) is 23.7. The van der Waals surface area contributed by atoms with Gasteiger partial charge in [0.05, 0.1) is 11.8 Å². The van der Waals surface area contributed by atoms with Crippen molar-refractivity contribution in [2.24, 2.45) is 5.92 Å². The van der Waals surface area contributed by atoms with Crippen molar-refractivity contribution in [1.29, 1.82) is 0 Å². The summed E-state index contributed by atoms with van der Waals surface area (Å²) in [5, 5.41) is 8.78. The van der Waals surface area contributed by atoms with Crippen LogP contribution in [-0.2, 0) is 9.59 Å². The van der Waals surface area contributed by atoms with Crippen molar-refractivity contribution in [2.75, 3.05) is 13.6 Å². The molecule has 0 aromatic heterocycles. The van der Waals surface area contributed by atoms with Gasteiger partial charge >= 0.3 is 12.1 Å². The molecule has 22 heavy (non-hydrogen) atoms. The fourth-order valence-electron chi connectivity index (χ4n) is 2.03. The molecule has 1 aromatic rings. The average molecular weight is 317 g/mol. The number of carbonyl (C=O) groups is 2. The van der Waals surface area contributed by atoms with Crippen molar-refractivity contribution in [2.45, 2.75) is 25.4 Å². The first-order valence-electron chi connectivity index (χ1n) is 6.71. The molecule has 1 rings (SSSR count). The van der Waals surface area contributed by atoms with E-state index in [0.717, 1.165) is 4.90 Å². The van der Waals surface area contributed by atoms with Crippen molar-refractivity contribution in [1.82, 2.24) is 4.90 Å². The van der Waals surface area contributed by atoms with E-state index in [2.05, 4.69) is 0 Å². The monoisotopic (exact) mass is 317 g/mol. The van der Waals surface area contributed by atoms with Gasteiger partial charge in [0.1, 0.15) is 0 Å². The zero-order valence-corrected chi connectivity index (χ0v) is 12.3. The zero-order valence-electron chi connectivity index (χ0n) is 12.3. The molecular formula is C15H18F3NO3. The lowest BCUT2D eigenvalue weighted by molar-refractivity contribution is -0.160. The van der Waals surface area contributed by atoms with Gasteiger partial charge in [-0.1, -0.05) is 37.3 Å². The summed E-state index contributed by atoms with van der Waals surface area (Å²) < 4.78 is 39.5. The molecule has 0 fully saturated rings. The van der Waals surface area contributed by atoms with Crippen LogP contribution in [0.5, 0.6) is 0 Å². The predicted octanol–water partition coefficient (Wildman–Crippen LogP) is 2.90. The van der Waals surface area contributed by atoms with Gasteiger partial charge in [-0.25, -0.2) is 0 Å². The minimum absolute atomic E-state index is 0.0167. The van der Waals surface area contributed by atoms with Crippen LogP contribution in [0.2, 0.25) is 0 Å². The summed E-state index contributed by atoms with van der Waals surface area (Å²) in [6.45, 7) is 1.26. The Labute approximate surface area is 126 Å². The Morgan fingerprint density at radius 1 is 1.23 bits per heavy atom.